The molecule has 0 aromatic carbocycles. The second kappa shape index (κ2) is 5.30. The van der Waals surface area contributed by atoms with Crippen molar-refractivity contribution in [2.24, 2.45) is 0 Å². The molecule has 1 fully saturated rings. The van der Waals surface area contributed by atoms with Crippen LogP contribution in [0.25, 0.3) is 0 Å². The first kappa shape index (κ1) is 9.50. The largest absolute Gasteiger partial charge is 0.384 e. The molecule has 1 rings (SSSR count). The minimum absolute atomic E-state index is 0.552. The molecule has 1 saturated heterocycles. The van der Waals surface area contributed by atoms with E-state index in [0.717, 1.165) is 18.8 Å². The topological polar surface area (TPSA) is 24.1 Å². The molecule has 0 spiro atoms. The summed E-state index contributed by atoms with van der Waals surface area (Å²) < 4.78 is 0. The fraction of sp³-hybridized carbons (Fsp3) is 0.750. The van der Waals surface area contributed by atoms with Crippen LogP contribution in [0.1, 0.15) is 20.8 Å². The van der Waals surface area contributed by atoms with Crippen LogP contribution in [0.2, 0.25) is 0 Å². The molecule has 0 saturated carbocycles. The summed E-state index contributed by atoms with van der Waals surface area (Å²) in [5.41, 5.74) is 1.10. The van der Waals surface area contributed by atoms with Gasteiger partial charge >= 0.3 is 0 Å². The average Bonchev–Trinajstić information content (AvgIpc) is 1.91. The van der Waals surface area contributed by atoms with E-state index in [0.29, 0.717) is 6.04 Å². The molecular formula is C8H18N2. The molecule has 0 amide bonds. The van der Waals surface area contributed by atoms with Crippen LogP contribution in [-0.2, 0) is 0 Å². The summed E-state index contributed by atoms with van der Waals surface area (Å²) in [6.07, 6.45) is 0. The third-order valence-corrected chi connectivity index (χ3v) is 1.24. The molecule has 2 heteroatoms. The number of nitrogens with one attached hydrogen (secondary N) is 2. The summed E-state index contributed by atoms with van der Waals surface area (Å²) in [5, 5.41) is 6.44. The van der Waals surface area contributed by atoms with Crippen molar-refractivity contribution in [2.75, 3.05) is 13.1 Å². The van der Waals surface area contributed by atoms with Crippen LogP contribution in [0.3, 0.4) is 0 Å². The Balaban J connectivity index is 0.000000371. The number of piperazine rings is 1. The van der Waals surface area contributed by atoms with Gasteiger partial charge in [-0.05, 0) is 6.92 Å². The number of hydrogen-bond acceptors (Lipinski definition) is 2. The predicted molar refractivity (Wildman–Crippen MR) is 46.0 cm³/mol. The summed E-state index contributed by atoms with van der Waals surface area (Å²) >= 11 is 0. The summed E-state index contributed by atoms with van der Waals surface area (Å²) in [6.45, 7) is 11.9. The van der Waals surface area contributed by atoms with E-state index in [1.165, 1.54) is 0 Å². The first-order valence-electron chi connectivity index (χ1n) is 3.94. The van der Waals surface area contributed by atoms with Gasteiger partial charge in [0.15, 0.2) is 0 Å². The standard InChI is InChI=1S/C6H12N2.C2H6/c1-5-3-7-4-6(2)8-5;1-2/h6-8H,1,3-4H2,2H3;1-2H3. The smallest absolute Gasteiger partial charge is 0.0355 e. The molecule has 0 aromatic rings. The van der Waals surface area contributed by atoms with Gasteiger partial charge < -0.3 is 10.6 Å². The van der Waals surface area contributed by atoms with E-state index in [1.54, 1.807) is 0 Å². The Morgan fingerprint density at radius 1 is 1.50 bits per heavy atom. The molecule has 2 N–H and O–H groups in total. The van der Waals surface area contributed by atoms with Gasteiger partial charge in [0.2, 0.25) is 0 Å². The van der Waals surface area contributed by atoms with Gasteiger partial charge in [-0.25, -0.2) is 0 Å². The zero-order valence-corrected chi connectivity index (χ0v) is 7.20. The molecule has 1 heterocycles. The molecule has 0 radical (unpaired) electrons. The van der Waals surface area contributed by atoms with Gasteiger partial charge in [0.25, 0.3) is 0 Å². The van der Waals surface area contributed by atoms with Crippen molar-refractivity contribution in [1.82, 2.24) is 10.6 Å². The van der Waals surface area contributed by atoms with Crippen LogP contribution in [-0.4, -0.2) is 19.1 Å². The number of rotatable bonds is 0. The van der Waals surface area contributed by atoms with Gasteiger partial charge in [-0.1, -0.05) is 20.4 Å². The second-order valence-electron chi connectivity index (χ2n) is 2.28. The molecule has 1 atom stereocenters. The van der Waals surface area contributed by atoms with Crippen LogP contribution in [0.4, 0.5) is 0 Å². The van der Waals surface area contributed by atoms with Crippen LogP contribution < -0.4 is 10.6 Å². The highest BCUT2D eigenvalue weighted by Gasteiger charge is 2.06. The van der Waals surface area contributed by atoms with Gasteiger partial charge in [-0.2, -0.15) is 0 Å². The third kappa shape index (κ3) is 3.51. The maximum absolute atomic E-state index is 3.79. The third-order valence-electron chi connectivity index (χ3n) is 1.24. The van der Waals surface area contributed by atoms with Crippen molar-refractivity contribution in [3.05, 3.63) is 12.3 Å². The molecule has 10 heavy (non-hydrogen) atoms. The Labute approximate surface area is 63.7 Å². The fourth-order valence-corrected chi connectivity index (χ4v) is 0.890. The zero-order chi connectivity index (χ0) is 7.98. The van der Waals surface area contributed by atoms with Crippen molar-refractivity contribution in [3.63, 3.8) is 0 Å². The lowest BCUT2D eigenvalue weighted by molar-refractivity contribution is 0.496. The van der Waals surface area contributed by atoms with Gasteiger partial charge in [0.1, 0.15) is 0 Å². The van der Waals surface area contributed by atoms with E-state index in [4.69, 9.17) is 0 Å². The first-order valence-corrected chi connectivity index (χ1v) is 3.94. The number of hydrogen-bond donors (Lipinski definition) is 2. The molecule has 0 aromatic heterocycles. The van der Waals surface area contributed by atoms with Gasteiger partial charge in [-0.3, -0.25) is 0 Å². The SMILES string of the molecule is C=C1CNCC(C)N1.CC. The van der Waals surface area contributed by atoms with Crippen molar-refractivity contribution in [1.29, 1.82) is 0 Å². The molecule has 1 aliphatic heterocycles. The molecule has 0 aliphatic carbocycles. The Kier molecular flexibility index (Phi) is 5.03. The van der Waals surface area contributed by atoms with Crippen LogP contribution in [0, 0.1) is 0 Å². The van der Waals surface area contributed by atoms with Crippen LogP contribution in [0.5, 0.6) is 0 Å². The minimum Gasteiger partial charge on any atom is -0.384 e. The highest BCUT2D eigenvalue weighted by molar-refractivity contribution is 4.99. The molecule has 1 aliphatic rings. The summed E-state index contributed by atoms with van der Waals surface area (Å²) in [4.78, 5) is 0. The Morgan fingerprint density at radius 2 is 2.10 bits per heavy atom. The highest BCUT2D eigenvalue weighted by atomic mass is 15.1. The maximum Gasteiger partial charge on any atom is 0.0355 e. The van der Waals surface area contributed by atoms with Crippen LogP contribution in [0.15, 0.2) is 12.3 Å². The predicted octanol–water partition coefficient (Wildman–Crippen LogP) is 1.11. The Morgan fingerprint density at radius 3 is 2.40 bits per heavy atom. The Hall–Kier alpha value is -0.500. The molecule has 60 valence electrons. The lowest BCUT2D eigenvalue weighted by Crippen LogP contribution is -2.44. The van der Waals surface area contributed by atoms with Crippen molar-refractivity contribution >= 4 is 0 Å². The van der Waals surface area contributed by atoms with E-state index < -0.39 is 0 Å². The quantitative estimate of drug-likeness (QED) is 0.529. The lowest BCUT2D eigenvalue weighted by atomic mass is 10.2. The normalized spacial score (nSPS) is 24.3. The van der Waals surface area contributed by atoms with E-state index in [2.05, 4.69) is 24.1 Å². The first-order chi connectivity index (χ1) is 4.79. The highest BCUT2D eigenvalue weighted by Crippen LogP contribution is 1.91. The monoisotopic (exact) mass is 142 g/mol. The fourth-order valence-electron chi connectivity index (χ4n) is 0.890. The van der Waals surface area contributed by atoms with Gasteiger partial charge in [-0.15, -0.1) is 0 Å². The Bertz CT molecular complexity index is 99.4. The minimum atomic E-state index is 0.552. The van der Waals surface area contributed by atoms with E-state index in [-0.39, 0.29) is 0 Å². The van der Waals surface area contributed by atoms with E-state index >= 15 is 0 Å². The second-order valence-corrected chi connectivity index (χ2v) is 2.28. The average molecular weight is 142 g/mol. The van der Waals surface area contributed by atoms with E-state index in [1.807, 2.05) is 13.8 Å². The van der Waals surface area contributed by atoms with E-state index in [9.17, 15) is 0 Å². The summed E-state index contributed by atoms with van der Waals surface area (Å²) in [6, 6.07) is 0.552. The van der Waals surface area contributed by atoms with Crippen molar-refractivity contribution < 1.29 is 0 Å². The van der Waals surface area contributed by atoms with Gasteiger partial charge in [0, 0.05) is 24.8 Å². The molecule has 0 bridgehead atoms. The lowest BCUT2D eigenvalue weighted by Gasteiger charge is -2.23. The van der Waals surface area contributed by atoms with Crippen LogP contribution >= 0.6 is 0 Å². The summed E-state index contributed by atoms with van der Waals surface area (Å²) in [5.74, 6) is 0. The molecular weight excluding hydrogens is 124 g/mol. The van der Waals surface area contributed by atoms with Crippen molar-refractivity contribution in [2.45, 2.75) is 26.8 Å². The molecule has 2 nitrogen and oxygen atoms in total. The molecule has 1 unspecified atom stereocenters. The van der Waals surface area contributed by atoms with Crippen molar-refractivity contribution in [3.8, 4) is 0 Å². The summed E-state index contributed by atoms with van der Waals surface area (Å²) in [7, 11) is 0. The maximum atomic E-state index is 3.79. The zero-order valence-electron chi connectivity index (χ0n) is 7.20. The van der Waals surface area contributed by atoms with Gasteiger partial charge in [0.05, 0.1) is 0 Å².